The fourth-order valence-electron chi connectivity index (χ4n) is 1.83. The van der Waals surface area contributed by atoms with Gasteiger partial charge in [0.2, 0.25) is 0 Å². The lowest BCUT2D eigenvalue weighted by molar-refractivity contribution is 0.0773. The molecule has 0 N–H and O–H groups in total. The number of carbonyl (C=O) groups excluding carboxylic acids is 1. The number of rotatable bonds is 5. The van der Waals surface area contributed by atoms with Gasteiger partial charge in [-0.15, -0.1) is 0 Å². The summed E-state index contributed by atoms with van der Waals surface area (Å²) in [5.74, 6) is 0.0493. The first-order valence-corrected chi connectivity index (χ1v) is 7.73. The largest absolute Gasteiger partial charge is 0.492 e. The van der Waals surface area contributed by atoms with E-state index in [-0.39, 0.29) is 5.91 Å². The summed E-state index contributed by atoms with van der Waals surface area (Å²) < 4.78 is 19.0. The number of nitrogens with zero attached hydrogens (tertiary/aromatic N) is 1. The third-order valence-electron chi connectivity index (χ3n) is 3.00. The normalized spacial score (nSPS) is 10.4. The van der Waals surface area contributed by atoms with Crippen molar-refractivity contribution in [3.63, 3.8) is 0 Å². The summed E-state index contributed by atoms with van der Waals surface area (Å²) >= 11 is 9.06. The van der Waals surface area contributed by atoms with E-state index >= 15 is 0 Å². The van der Waals surface area contributed by atoms with E-state index in [2.05, 4.69) is 15.9 Å². The first-order valence-electron chi connectivity index (χ1n) is 6.56. The van der Waals surface area contributed by atoms with E-state index in [4.69, 9.17) is 16.3 Å². The molecule has 116 valence electrons. The average molecular weight is 387 g/mol. The molecule has 22 heavy (non-hydrogen) atoms. The topological polar surface area (TPSA) is 29.5 Å². The predicted octanol–water partition coefficient (Wildman–Crippen LogP) is 4.39. The molecular weight excluding hydrogens is 373 g/mol. The van der Waals surface area contributed by atoms with Gasteiger partial charge in [0.1, 0.15) is 18.2 Å². The molecule has 3 nitrogen and oxygen atoms in total. The van der Waals surface area contributed by atoms with E-state index < -0.39 is 5.82 Å². The second-order valence-electron chi connectivity index (χ2n) is 4.66. The van der Waals surface area contributed by atoms with Crippen LogP contribution >= 0.6 is 27.5 Å². The maximum atomic E-state index is 13.0. The molecule has 0 unspecified atom stereocenters. The molecule has 6 heteroatoms. The Balaban J connectivity index is 1.91. The van der Waals surface area contributed by atoms with E-state index in [1.54, 1.807) is 31.3 Å². The maximum Gasteiger partial charge on any atom is 0.254 e. The summed E-state index contributed by atoms with van der Waals surface area (Å²) in [6.07, 6.45) is 0. The van der Waals surface area contributed by atoms with Crippen molar-refractivity contribution in [3.8, 4) is 5.75 Å². The van der Waals surface area contributed by atoms with Crippen molar-refractivity contribution in [3.05, 3.63) is 63.3 Å². The molecule has 0 bridgehead atoms. The minimum atomic E-state index is -0.393. The van der Waals surface area contributed by atoms with E-state index in [1.807, 2.05) is 0 Å². The summed E-state index contributed by atoms with van der Waals surface area (Å²) in [5.41, 5.74) is 0.409. The van der Waals surface area contributed by atoms with Gasteiger partial charge in [-0.3, -0.25) is 4.79 Å². The summed E-state index contributed by atoms with van der Waals surface area (Å²) in [6, 6.07) is 11.0. The highest BCUT2D eigenvalue weighted by Gasteiger charge is 2.15. The van der Waals surface area contributed by atoms with Crippen LogP contribution in [0.3, 0.4) is 0 Å². The van der Waals surface area contributed by atoms with Gasteiger partial charge in [-0.2, -0.15) is 0 Å². The standard InChI is InChI=1S/C16H14BrClFNO2/c1-20(7-8-22-13-4-2-3-11(18)9-13)16(21)14-6-5-12(19)10-15(14)17/h2-6,9-10H,7-8H2,1H3. The molecule has 2 rings (SSSR count). The summed E-state index contributed by atoms with van der Waals surface area (Å²) in [6.45, 7) is 0.733. The van der Waals surface area contributed by atoms with Crippen LogP contribution in [-0.4, -0.2) is 31.0 Å². The van der Waals surface area contributed by atoms with Gasteiger partial charge in [-0.1, -0.05) is 17.7 Å². The van der Waals surface area contributed by atoms with Crippen LogP contribution < -0.4 is 4.74 Å². The van der Waals surface area contributed by atoms with Crippen LogP contribution in [0, 0.1) is 5.82 Å². The van der Waals surface area contributed by atoms with Crippen LogP contribution in [0.5, 0.6) is 5.75 Å². The Kier molecular flexibility index (Phi) is 5.80. The highest BCUT2D eigenvalue weighted by molar-refractivity contribution is 9.10. The molecule has 0 saturated carbocycles. The number of hydrogen-bond donors (Lipinski definition) is 0. The Morgan fingerprint density at radius 2 is 2.09 bits per heavy atom. The Hall–Kier alpha value is -1.59. The van der Waals surface area contributed by atoms with E-state index in [9.17, 15) is 9.18 Å². The average Bonchev–Trinajstić information content (AvgIpc) is 2.46. The zero-order chi connectivity index (χ0) is 16.1. The molecule has 0 fully saturated rings. The molecule has 0 aliphatic carbocycles. The quantitative estimate of drug-likeness (QED) is 0.762. The monoisotopic (exact) mass is 385 g/mol. The number of likely N-dealkylation sites (N-methyl/N-ethyl adjacent to an activating group) is 1. The molecule has 0 radical (unpaired) electrons. The molecule has 0 aromatic heterocycles. The van der Waals surface area contributed by atoms with Crippen LogP contribution in [0.1, 0.15) is 10.4 Å². The molecule has 2 aromatic carbocycles. The molecule has 1 amide bonds. The Morgan fingerprint density at radius 1 is 1.32 bits per heavy atom. The number of amides is 1. The SMILES string of the molecule is CN(CCOc1cccc(Cl)c1)C(=O)c1ccc(F)cc1Br. The van der Waals surface area contributed by atoms with Crippen LogP contribution in [0.4, 0.5) is 4.39 Å². The van der Waals surface area contributed by atoms with Gasteiger partial charge in [-0.25, -0.2) is 4.39 Å². The van der Waals surface area contributed by atoms with E-state index in [0.29, 0.717) is 34.0 Å². The lowest BCUT2D eigenvalue weighted by Crippen LogP contribution is -2.31. The maximum absolute atomic E-state index is 13.0. The minimum Gasteiger partial charge on any atom is -0.492 e. The second kappa shape index (κ2) is 7.61. The van der Waals surface area contributed by atoms with Gasteiger partial charge in [0, 0.05) is 16.5 Å². The van der Waals surface area contributed by atoms with Crippen LogP contribution in [0.15, 0.2) is 46.9 Å². The molecular formula is C16H14BrClFNO2. The molecule has 2 aromatic rings. The van der Waals surface area contributed by atoms with Crippen molar-refractivity contribution in [2.24, 2.45) is 0 Å². The fourth-order valence-corrected chi connectivity index (χ4v) is 2.53. The Bertz CT molecular complexity index is 681. The zero-order valence-corrected chi connectivity index (χ0v) is 14.2. The second-order valence-corrected chi connectivity index (χ2v) is 5.95. The molecule has 0 spiro atoms. The van der Waals surface area contributed by atoms with Crippen molar-refractivity contribution in [1.82, 2.24) is 4.90 Å². The van der Waals surface area contributed by atoms with Crippen molar-refractivity contribution in [2.45, 2.75) is 0 Å². The molecule has 0 aliphatic heterocycles. The van der Waals surface area contributed by atoms with Crippen LogP contribution in [0.25, 0.3) is 0 Å². The molecule has 0 heterocycles. The number of carbonyl (C=O) groups is 1. The minimum absolute atomic E-state index is 0.207. The smallest absolute Gasteiger partial charge is 0.254 e. The third kappa shape index (κ3) is 4.45. The Morgan fingerprint density at radius 3 is 2.77 bits per heavy atom. The third-order valence-corrected chi connectivity index (χ3v) is 3.89. The van der Waals surface area contributed by atoms with Crippen molar-refractivity contribution < 1.29 is 13.9 Å². The van der Waals surface area contributed by atoms with Gasteiger partial charge in [-0.05, 0) is 52.3 Å². The number of benzene rings is 2. The van der Waals surface area contributed by atoms with Gasteiger partial charge < -0.3 is 9.64 Å². The highest BCUT2D eigenvalue weighted by Crippen LogP contribution is 2.20. The molecule has 0 aliphatic rings. The first-order chi connectivity index (χ1) is 10.5. The molecule has 0 atom stereocenters. The number of ether oxygens (including phenoxy) is 1. The number of hydrogen-bond acceptors (Lipinski definition) is 2. The lowest BCUT2D eigenvalue weighted by Gasteiger charge is -2.18. The van der Waals surface area contributed by atoms with Gasteiger partial charge in [0.25, 0.3) is 5.91 Å². The summed E-state index contributed by atoms with van der Waals surface area (Å²) in [5, 5.41) is 0.595. The van der Waals surface area contributed by atoms with Gasteiger partial charge in [0.15, 0.2) is 0 Å². The fraction of sp³-hybridized carbons (Fsp3) is 0.188. The van der Waals surface area contributed by atoms with Gasteiger partial charge >= 0.3 is 0 Å². The van der Waals surface area contributed by atoms with E-state index in [1.165, 1.54) is 23.1 Å². The Labute approximate surface area is 141 Å². The highest BCUT2D eigenvalue weighted by atomic mass is 79.9. The number of halogens is 3. The van der Waals surface area contributed by atoms with E-state index in [0.717, 1.165) is 0 Å². The van der Waals surface area contributed by atoms with Crippen molar-refractivity contribution in [2.75, 3.05) is 20.2 Å². The lowest BCUT2D eigenvalue weighted by atomic mass is 10.2. The summed E-state index contributed by atoms with van der Waals surface area (Å²) in [4.78, 5) is 13.8. The van der Waals surface area contributed by atoms with Gasteiger partial charge in [0.05, 0.1) is 12.1 Å². The van der Waals surface area contributed by atoms with Crippen molar-refractivity contribution in [1.29, 1.82) is 0 Å². The predicted molar refractivity (Wildman–Crippen MR) is 88.0 cm³/mol. The summed E-state index contributed by atoms with van der Waals surface area (Å²) in [7, 11) is 1.67. The van der Waals surface area contributed by atoms with Crippen molar-refractivity contribution >= 4 is 33.4 Å². The van der Waals surface area contributed by atoms with Crippen LogP contribution in [-0.2, 0) is 0 Å². The van der Waals surface area contributed by atoms with Crippen LogP contribution in [0.2, 0.25) is 5.02 Å². The first kappa shape index (κ1) is 16.8. The zero-order valence-electron chi connectivity index (χ0n) is 11.9. The molecule has 0 saturated heterocycles.